The Morgan fingerprint density at radius 3 is 2.75 bits per heavy atom. The highest BCUT2D eigenvalue weighted by Crippen LogP contribution is 2.29. The number of hydrogen-bond acceptors (Lipinski definition) is 4. The van der Waals surface area contributed by atoms with E-state index in [1.54, 1.807) is 11.3 Å². The van der Waals surface area contributed by atoms with Crippen molar-refractivity contribution in [2.24, 2.45) is 10.9 Å². The summed E-state index contributed by atoms with van der Waals surface area (Å²) in [6.07, 6.45) is 3.17. The van der Waals surface area contributed by atoms with Crippen molar-refractivity contribution in [3.8, 4) is 0 Å². The molecule has 5 nitrogen and oxygen atoms in total. The van der Waals surface area contributed by atoms with Crippen LogP contribution in [0.15, 0.2) is 35.3 Å². The fourth-order valence-corrected chi connectivity index (χ4v) is 4.79. The van der Waals surface area contributed by atoms with Gasteiger partial charge in [0.2, 0.25) is 0 Å². The van der Waals surface area contributed by atoms with Crippen molar-refractivity contribution in [3.63, 3.8) is 0 Å². The first-order valence-corrected chi connectivity index (χ1v) is 11.4. The van der Waals surface area contributed by atoms with Gasteiger partial charge < -0.3 is 20.6 Å². The number of guanidine groups is 1. The number of aliphatic hydroxyl groups is 1. The molecule has 0 spiro atoms. The fourth-order valence-electron chi connectivity index (χ4n) is 3.75. The summed E-state index contributed by atoms with van der Waals surface area (Å²) in [5.41, 5.74) is 0. The van der Waals surface area contributed by atoms with Crippen LogP contribution in [-0.4, -0.2) is 55.2 Å². The van der Waals surface area contributed by atoms with Crippen LogP contribution in [-0.2, 0) is 0 Å². The van der Waals surface area contributed by atoms with Crippen molar-refractivity contribution in [1.29, 1.82) is 0 Å². The number of nitrogens with zero attached hydrogens (tertiary/aromatic N) is 2. The SMILES string of the molecule is CCCN1CCC(CNC(=NCC(O)c2cc3ccccc3s2)NCC)CC1. The maximum Gasteiger partial charge on any atom is 0.191 e. The molecule has 2 heterocycles. The fraction of sp³-hybridized carbons (Fsp3) is 0.591. The molecule has 1 atom stereocenters. The summed E-state index contributed by atoms with van der Waals surface area (Å²) in [6.45, 7) is 10.1. The molecule has 1 unspecified atom stereocenters. The molecule has 1 aliphatic heterocycles. The van der Waals surface area contributed by atoms with Gasteiger partial charge in [0, 0.05) is 22.7 Å². The molecule has 1 aromatic carbocycles. The average molecular weight is 403 g/mol. The van der Waals surface area contributed by atoms with Gasteiger partial charge in [-0.2, -0.15) is 0 Å². The van der Waals surface area contributed by atoms with E-state index < -0.39 is 6.10 Å². The lowest BCUT2D eigenvalue weighted by Gasteiger charge is -2.32. The number of likely N-dealkylation sites (tertiary alicyclic amines) is 1. The largest absolute Gasteiger partial charge is 0.386 e. The number of aliphatic hydroxyl groups excluding tert-OH is 1. The number of benzene rings is 1. The van der Waals surface area contributed by atoms with Gasteiger partial charge in [-0.3, -0.25) is 4.99 Å². The Kier molecular flexibility index (Phi) is 8.13. The maximum atomic E-state index is 10.6. The third kappa shape index (κ3) is 5.93. The lowest BCUT2D eigenvalue weighted by atomic mass is 9.97. The van der Waals surface area contributed by atoms with Crippen molar-refractivity contribution in [1.82, 2.24) is 15.5 Å². The summed E-state index contributed by atoms with van der Waals surface area (Å²) < 4.78 is 1.21. The molecule has 28 heavy (non-hydrogen) atoms. The summed E-state index contributed by atoms with van der Waals surface area (Å²) >= 11 is 1.65. The van der Waals surface area contributed by atoms with Crippen molar-refractivity contribution in [2.75, 3.05) is 39.3 Å². The Bertz CT molecular complexity index is 719. The summed E-state index contributed by atoms with van der Waals surface area (Å²) in [7, 11) is 0. The summed E-state index contributed by atoms with van der Waals surface area (Å²) in [6, 6.07) is 10.3. The molecule has 2 aromatic rings. The molecule has 1 aliphatic rings. The predicted octanol–water partition coefficient (Wildman–Crippen LogP) is 3.61. The third-order valence-corrected chi connectivity index (χ3v) is 6.56. The minimum Gasteiger partial charge on any atom is -0.386 e. The highest BCUT2D eigenvalue weighted by Gasteiger charge is 2.19. The number of hydrogen-bond donors (Lipinski definition) is 3. The number of fused-ring (bicyclic) bond motifs is 1. The van der Waals surface area contributed by atoms with E-state index in [0.29, 0.717) is 12.5 Å². The maximum absolute atomic E-state index is 10.6. The Morgan fingerprint density at radius 2 is 2.04 bits per heavy atom. The smallest absolute Gasteiger partial charge is 0.191 e. The predicted molar refractivity (Wildman–Crippen MR) is 120 cm³/mol. The average Bonchev–Trinajstić information content (AvgIpc) is 3.15. The number of rotatable bonds is 8. The minimum absolute atomic E-state index is 0.372. The quantitative estimate of drug-likeness (QED) is 0.466. The van der Waals surface area contributed by atoms with E-state index in [1.165, 1.54) is 49.0 Å². The van der Waals surface area contributed by atoms with E-state index in [0.717, 1.165) is 23.9 Å². The molecule has 0 aliphatic carbocycles. The van der Waals surface area contributed by atoms with Gasteiger partial charge in [-0.15, -0.1) is 11.3 Å². The Morgan fingerprint density at radius 1 is 1.25 bits per heavy atom. The number of aliphatic imine (C=N–C) groups is 1. The van der Waals surface area contributed by atoms with Crippen molar-refractivity contribution in [2.45, 2.75) is 39.2 Å². The first-order valence-electron chi connectivity index (χ1n) is 10.6. The van der Waals surface area contributed by atoms with Crippen molar-refractivity contribution < 1.29 is 5.11 Å². The summed E-state index contributed by atoms with van der Waals surface area (Å²) in [4.78, 5) is 8.17. The molecule has 1 fully saturated rings. The summed E-state index contributed by atoms with van der Waals surface area (Å²) in [5, 5.41) is 18.6. The minimum atomic E-state index is -0.565. The van der Waals surface area contributed by atoms with Crippen LogP contribution in [0.5, 0.6) is 0 Å². The van der Waals surface area contributed by atoms with Gasteiger partial charge in [0.25, 0.3) is 0 Å². The highest BCUT2D eigenvalue weighted by molar-refractivity contribution is 7.19. The molecule has 1 saturated heterocycles. The molecular weight excluding hydrogens is 368 g/mol. The van der Waals surface area contributed by atoms with Crippen LogP contribution in [0, 0.1) is 5.92 Å². The molecule has 0 radical (unpaired) electrons. The normalized spacial score (nSPS) is 17.8. The lowest BCUT2D eigenvalue weighted by molar-refractivity contribution is 0.185. The number of nitrogens with one attached hydrogen (secondary N) is 2. The topological polar surface area (TPSA) is 59.9 Å². The zero-order valence-electron chi connectivity index (χ0n) is 17.2. The van der Waals surface area contributed by atoms with Gasteiger partial charge in [-0.1, -0.05) is 25.1 Å². The van der Waals surface area contributed by atoms with Crippen molar-refractivity contribution >= 4 is 27.4 Å². The number of piperidine rings is 1. The molecule has 0 saturated carbocycles. The van der Waals surface area contributed by atoms with E-state index in [1.807, 2.05) is 12.1 Å². The van der Waals surface area contributed by atoms with Gasteiger partial charge in [-0.05, 0) is 69.3 Å². The molecule has 3 N–H and O–H groups in total. The van der Waals surface area contributed by atoms with E-state index >= 15 is 0 Å². The Labute approximate surface area is 172 Å². The summed E-state index contributed by atoms with van der Waals surface area (Å²) in [5.74, 6) is 1.50. The zero-order valence-corrected chi connectivity index (χ0v) is 18.0. The van der Waals surface area contributed by atoms with Crippen LogP contribution in [0.1, 0.15) is 44.1 Å². The van der Waals surface area contributed by atoms with E-state index in [9.17, 15) is 5.11 Å². The van der Waals surface area contributed by atoms with Crippen LogP contribution >= 0.6 is 11.3 Å². The van der Waals surface area contributed by atoms with Crippen LogP contribution in [0.4, 0.5) is 0 Å². The monoisotopic (exact) mass is 402 g/mol. The second kappa shape index (κ2) is 10.8. The van der Waals surface area contributed by atoms with Crippen LogP contribution < -0.4 is 10.6 Å². The Balaban J connectivity index is 1.50. The molecule has 3 rings (SSSR count). The standard InChI is InChI=1S/C22H34N4OS/c1-3-11-26-12-9-17(10-13-26)15-24-22(23-4-2)25-16-19(27)21-14-18-7-5-6-8-20(18)28-21/h5-8,14,17,19,27H,3-4,9-13,15-16H2,1-2H3,(H2,23,24,25). The lowest BCUT2D eigenvalue weighted by Crippen LogP contribution is -2.43. The first kappa shape index (κ1) is 21.1. The van der Waals surface area contributed by atoms with E-state index in [-0.39, 0.29) is 0 Å². The van der Waals surface area contributed by atoms with Crippen LogP contribution in [0.3, 0.4) is 0 Å². The van der Waals surface area contributed by atoms with Crippen molar-refractivity contribution in [3.05, 3.63) is 35.2 Å². The molecule has 0 amide bonds. The second-order valence-electron chi connectivity index (χ2n) is 7.59. The molecule has 154 valence electrons. The molecule has 6 heteroatoms. The molecular formula is C22H34N4OS. The van der Waals surface area contributed by atoms with Crippen LogP contribution in [0.25, 0.3) is 10.1 Å². The number of thiophene rings is 1. The van der Waals surface area contributed by atoms with Gasteiger partial charge in [0.05, 0.1) is 6.54 Å². The zero-order chi connectivity index (χ0) is 19.8. The molecule has 1 aromatic heterocycles. The Hall–Kier alpha value is -1.63. The highest BCUT2D eigenvalue weighted by atomic mass is 32.1. The first-order chi connectivity index (χ1) is 13.7. The van der Waals surface area contributed by atoms with Gasteiger partial charge in [0.1, 0.15) is 6.10 Å². The van der Waals surface area contributed by atoms with Crippen LogP contribution in [0.2, 0.25) is 0 Å². The van der Waals surface area contributed by atoms with Gasteiger partial charge in [-0.25, -0.2) is 0 Å². The second-order valence-corrected chi connectivity index (χ2v) is 8.70. The van der Waals surface area contributed by atoms with Gasteiger partial charge >= 0.3 is 0 Å². The van der Waals surface area contributed by atoms with E-state index in [4.69, 9.17) is 0 Å². The van der Waals surface area contributed by atoms with Gasteiger partial charge in [0.15, 0.2) is 5.96 Å². The van der Waals surface area contributed by atoms with E-state index in [2.05, 4.69) is 52.6 Å². The third-order valence-electron chi connectivity index (χ3n) is 5.34. The molecule has 0 bridgehead atoms.